The van der Waals surface area contributed by atoms with Crippen LogP contribution in [0.2, 0.25) is 0 Å². The van der Waals surface area contributed by atoms with Gasteiger partial charge in [-0.3, -0.25) is 4.90 Å². The molecule has 0 radical (unpaired) electrons. The number of nitriles is 1. The molecule has 4 nitrogen and oxygen atoms in total. The molecule has 0 fully saturated rings. The fourth-order valence-electron chi connectivity index (χ4n) is 1.38. The number of hydrogen-bond donors (Lipinski definition) is 1. The van der Waals surface area contributed by atoms with E-state index in [-0.39, 0.29) is 0 Å². The minimum Gasteiger partial charge on any atom is -0.383 e. The molecule has 0 aromatic heterocycles. The number of nitrogens with zero attached hydrogens (tertiary/aromatic N) is 2. The molecule has 0 aromatic rings. The van der Waals surface area contributed by atoms with Crippen molar-refractivity contribution in [3.63, 3.8) is 0 Å². The van der Waals surface area contributed by atoms with Gasteiger partial charge in [0.15, 0.2) is 0 Å². The predicted octanol–water partition coefficient (Wildman–Crippen LogP) is 0.974. The SMILES string of the molecule is CCC(C)N(CCOC)CC(C)(N)C#N. The van der Waals surface area contributed by atoms with Gasteiger partial charge >= 0.3 is 0 Å². The monoisotopic (exact) mass is 213 g/mol. The van der Waals surface area contributed by atoms with Gasteiger partial charge in [-0.2, -0.15) is 5.26 Å². The molecule has 0 heterocycles. The molecule has 4 heteroatoms. The van der Waals surface area contributed by atoms with Gasteiger partial charge in [0, 0.05) is 26.2 Å². The normalized spacial score (nSPS) is 17.1. The lowest BCUT2D eigenvalue weighted by Crippen LogP contribution is -2.50. The molecule has 0 saturated carbocycles. The quantitative estimate of drug-likeness (QED) is 0.684. The number of ether oxygens (including phenoxy) is 1. The molecular weight excluding hydrogens is 190 g/mol. The number of methoxy groups -OCH3 is 1. The summed E-state index contributed by atoms with van der Waals surface area (Å²) in [4.78, 5) is 2.20. The van der Waals surface area contributed by atoms with Crippen LogP contribution < -0.4 is 5.73 Å². The summed E-state index contributed by atoms with van der Waals surface area (Å²) in [6.07, 6.45) is 1.05. The molecule has 0 bridgehead atoms. The first-order chi connectivity index (χ1) is 6.96. The van der Waals surface area contributed by atoms with Gasteiger partial charge in [0.1, 0.15) is 5.54 Å². The molecule has 0 amide bonds. The van der Waals surface area contributed by atoms with Gasteiger partial charge in [0.25, 0.3) is 0 Å². The Hall–Kier alpha value is -0.630. The van der Waals surface area contributed by atoms with Crippen molar-refractivity contribution in [3.8, 4) is 6.07 Å². The number of hydrogen-bond acceptors (Lipinski definition) is 4. The molecule has 88 valence electrons. The second-order valence-corrected chi connectivity index (χ2v) is 4.25. The first kappa shape index (κ1) is 14.4. The van der Waals surface area contributed by atoms with E-state index in [1.54, 1.807) is 14.0 Å². The van der Waals surface area contributed by atoms with Gasteiger partial charge in [0.05, 0.1) is 12.7 Å². The van der Waals surface area contributed by atoms with Gasteiger partial charge in [-0.25, -0.2) is 0 Å². The zero-order chi connectivity index (χ0) is 11.9. The van der Waals surface area contributed by atoms with Crippen LogP contribution in [0.1, 0.15) is 27.2 Å². The summed E-state index contributed by atoms with van der Waals surface area (Å²) < 4.78 is 5.05. The van der Waals surface area contributed by atoms with Crippen molar-refractivity contribution in [2.75, 3.05) is 26.8 Å². The fraction of sp³-hybridized carbons (Fsp3) is 0.909. The lowest BCUT2D eigenvalue weighted by molar-refractivity contribution is 0.113. The highest BCUT2D eigenvalue weighted by atomic mass is 16.5. The Bertz CT molecular complexity index is 210. The zero-order valence-electron chi connectivity index (χ0n) is 10.3. The van der Waals surface area contributed by atoms with E-state index in [1.807, 2.05) is 0 Å². The van der Waals surface area contributed by atoms with Crippen molar-refractivity contribution in [1.82, 2.24) is 4.90 Å². The van der Waals surface area contributed by atoms with Crippen LogP contribution in [-0.4, -0.2) is 43.3 Å². The first-order valence-electron chi connectivity index (χ1n) is 5.40. The Morgan fingerprint density at radius 2 is 2.20 bits per heavy atom. The van der Waals surface area contributed by atoms with E-state index < -0.39 is 5.54 Å². The molecular formula is C11H23N3O. The minimum absolute atomic E-state index is 0.427. The number of nitrogens with two attached hydrogens (primary N) is 1. The summed E-state index contributed by atoms with van der Waals surface area (Å²) in [5.41, 5.74) is 5.06. The third-order valence-electron chi connectivity index (χ3n) is 2.58. The summed E-state index contributed by atoms with van der Waals surface area (Å²) in [5.74, 6) is 0. The van der Waals surface area contributed by atoms with Crippen molar-refractivity contribution in [3.05, 3.63) is 0 Å². The Morgan fingerprint density at radius 3 is 2.60 bits per heavy atom. The van der Waals surface area contributed by atoms with Crippen LogP contribution in [0.5, 0.6) is 0 Å². The van der Waals surface area contributed by atoms with Crippen LogP contribution in [0.4, 0.5) is 0 Å². The highest BCUT2D eigenvalue weighted by molar-refractivity contribution is 5.03. The lowest BCUT2D eigenvalue weighted by Gasteiger charge is -2.32. The van der Waals surface area contributed by atoms with E-state index in [4.69, 9.17) is 15.7 Å². The molecule has 2 atom stereocenters. The zero-order valence-corrected chi connectivity index (χ0v) is 10.3. The highest BCUT2D eigenvalue weighted by Gasteiger charge is 2.23. The average molecular weight is 213 g/mol. The van der Waals surface area contributed by atoms with Crippen molar-refractivity contribution < 1.29 is 4.74 Å². The maximum Gasteiger partial charge on any atom is 0.114 e. The second kappa shape index (κ2) is 6.78. The van der Waals surface area contributed by atoms with E-state index in [9.17, 15) is 0 Å². The van der Waals surface area contributed by atoms with E-state index in [1.165, 1.54) is 0 Å². The van der Waals surface area contributed by atoms with E-state index in [0.717, 1.165) is 13.0 Å². The first-order valence-corrected chi connectivity index (χ1v) is 5.40. The molecule has 0 aliphatic rings. The maximum atomic E-state index is 8.89. The van der Waals surface area contributed by atoms with Gasteiger partial charge in [0.2, 0.25) is 0 Å². The topological polar surface area (TPSA) is 62.3 Å². The lowest BCUT2D eigenvalue weighted by atomic mass is 10.0. The average Bonchev–Trinajstić information content (AvgIpc) is 2.23. The van der Waals surface area contributed by atoms with Crippen LogP contribution in [0.25, 0.3) is 0 Å². The van der Waals surface area contributed by atoms with Crippen molar-refractivity contribution in [2.24, 2.45) is 5.73 Å². The Kier molecular flexibility index (Phi) is 6.50. The fourth-order valence-corrected chi connectivity index (χ4v) is 1.38. The van der Waals surface area contributed by atoms with Crippen LogP contribution in [-0.2, 0) is 4.74 Å². The van der Waals surface area contributed by atoms with Crippen molar-refractivity contribution in [2.45, 2.75) is 38.8 Å². The third kappa shape index (κ3) is 5.73. The van der Waals surface area contributed by atoms with Gasteiger partial charge in [-0.1, -0.05) is 6.92 Å². The maximum absolute atomic E-state index is 8.89. The molecule has 0 rings (SSSR count). The Labute approximate surface area is 93.0 Å². The van der Waals surface area contributed by atoms with Crippen LogP contribution in [0.15, 0.2) is 0 Å². The van der Waals surface area contributed by atoms with Gasteiger partial charge < -0.3 is 10.5 Å². The summed E-state index contributed by atoms with van der Waals surface area (Å²) in [7, 11) is 1.68. The van der Waals surface area contributed by atoms with E-state index in [0.29, 0.717) is 19.2 Å². The van der Waals surface area contributed by atoms with Crippen molar-refractivity contribution in [1.29, 1.82) is 5.26 Å². The standard InChI is InChI=1S/C11H23N3O/c1-5-10(2)14(6-7-15-4)9-11(3,13)8-12/h10H,5-7,9,13H2,1-4H3. The second-order valence-electron chi connectivity index (χ2n) is 4.25. The van der Waals surface area contributed by atoms with Gasteiger partial charge in [-0.05, 0) is 20.3 Å². The molecule has 0 aliphatic carbocycles. The van der Waals surface area contributed by atoms with Crippen molar-refractivity contribution >= 4 is 0 Å². The molecule has 0 saturated heterocycles. The predicted molar refractivity (Wildman–Crippen MR) is 61.4 cm³/mol. The Balaban J connectivity index is 4.31. The Morgan fingerprint density at radius 1 is 1.60 bits per heavy atom. The van der Waals surface area contributed by atoms with Crippen LogP contribution in [0.3, 0.4) is 0 Å². The molecule has 2 unspecified atom stereocenters. The number of rotatable bonds is 7. The molecule has 2 N–H and O–H groups in total. The third-order valence-corrected chi connectivity index (χ3v) is 2.58. The molecule has 0 spiro atoms. The van der Waals surface area contributed by atoms with E-state index in [2.05, 4.69) is 24.8 Å². The summed E-state index contributed by atoms with van der Waals surface area (Å²) in [5, 5.41) is 8.89. The summed E-state index contributed by atoms with van der Waals surface area (Å²) in [6, 6.07) is 2.55. The van der Waals surface area contributed by atoms with Crippen LogP contribution >= 0.6 is 0 Å². The largest absolute Gasteiger partial charge is 0.383 e. The highest BCUT2D eigenvalue weighted by Crippen LogP contribution is 2.08. The molecule has 15 heavy (non-hydrogen) atoms. The summed E-state index contributed by atoms with van der Waals surface area (Å²) >= 11 is 0. The minimum atomic E-state index is -0.781. The smallest absolute Gasteiger partial charge is 0.114 e. The van der Waals surface area contributed by atoms with E-state index >= 15 is 0 Å². The van der Waals surface area contributed by atoms with Crippen LogP contribution in [0, 0.1) is 11.3 Å². The molecule has 0 aliphatic heterocycles. The summed E-state index contributed by atoms with van der Waals surface area (Å²) in [6.45, 7) is 8.11. The van der Waals surface area contributed by atoms with Gasteiger partial charge in [-0.15, -0.1) is 0 Å². The molecule has 0 aromatic carbocycles.